The summed E-state index contributed by atoms with van der Waals surface area (Å²) >= 11 is 0. The lowest BCUT2D eigenvalue weighted by Crippen LogP contribution is -2.37. The van der Waals surface area contributed by atoms with Gasteiger partial charge in [0.05, 0.1) is 0 Å². The van der Waals surface area contributed by atoms with Crippen LogP contribution in [0.15, 0.2) is 42.5 Å². The highest BCUT2D eigenvalue weighted by atomic mass is 16.6. The van der Waals surface area contributed by atoms with Crippen LogP contribution in [0.5, 0.6) is 0 Å². The minimum Gasteiger partial charge on any atom is -0.444 e. The van der Waals surface area contributed by atoms with Gasteiger partial charge in [-0.1, -0.05) is 30.3 Å². The van der Waals surface area contributed by atoms with E-state index in [0.29, 0.717) is 18.8 Å². The molecule has 0 saturated carbocycles. The van der Waals surface area contributed by atoms with Crippen LogP contribution in [0, 0.1) is 5.92 Å². The van der Waals surface area contributed by atoms with Crippen LogP contribution in [0.4, 0.5) is 4.79 Å². The number of alkyl carbamates (subject to hydrolysis) is 1. The fourth-order valence-electron chi connectivity index (χ4n) is 3.89. The van der Waals surface area contributed by atoms with Gasteiger partial charge in [0, 0.05) is 31.9 Å². The fraction of sp³-hybridized carbons (Fsp3) is 0.478. The Bertz CT molecular complexity index is 867. The van der Waals surface area contributed by atoms with Gasteiger partial charge >= 0.3 is 6.09 Å². The normalized spacial score (nSPS) is 19.3. The zero-order valence-electron chi connectivity index (χ0n) is 17.9. The number of benzene rings is 1. The van der Waals surface area contributed by atoms with E-state index in [0.717, 1.165) is 17.7 Å². The monoisotopic (exact) mass is 397 g/mol. The van der Waals surface area contributed by atoms with Crippen LogP contribution in [0.1, 0.15) is 44.6 Å². The first kappa shape index (κ1) is 21.0. The summed E-state index contributed by atoms with van der Waals surface area (Å²) in [7, 11) is 1.93. The van der Waals surface area contributed by atoms with Crippen molar-refractivity contribution in [1.29, 1.82) is 0 Å². The second-order valence-corrected chi connectivity index (χ2v) is 8.82. The summed E-state index contributed by atoms with van der Waals surface area (Å²) in [5.74, 6) is 0.247. The smallest absolute Gasteiger partial charge is 0.407 e. The van der Waals surface area contributed by atoms with Gasteiger partial charge in [-0.15, -0.1) is 0 Å². The molecule has 2 atom stereocenters. The van der Waals surface area contributed by atoms with Crippen molar-refractivity contribution in [3.8, 4) is 11.3 Å². The molecule has 1 fully saturated rings. The molecule has 6 nitrogen and oxygen atoms in total. The zero-order valence-corrected chi connectivity index (χ0v) is 17.9. The maximum absolute atomic E-state index is 13.2. The first-order chi connectivity index (χ1) is 13.7. The van der Waals surface area contributed by atoms with E-state index in [2.05, 4.69) is 12.2 Å². The van der Waals surface area contributed by atoms with Crippen molar-refractivity contribution < 1.29 is 14.3 Å². The quantitative estimate of drug-likeness (QED) is 0.846. The second kappa shape index (κ2) is 8.31. The van der Waals surface area contributed by atoms with Gasteiger partial charge in [0.25, 0.3) is 5.91 Å². The number of likely N-dealkylation sites (tertiary alicyclic amines) is 1. The summed E-state index contributed by atoms with van der Waals surface area (Å²) in [6.07, 6.45) is 0.446. The van der Waals surface area contributed by atoms with Crippen LogP contribution in [-0.4, -0.2) is 46.2 Å². The number of nitrogens with one attached hydrogen (secondary N) is 1. The number of amides is 2. The molecule has 1 aromatic carbocycles. The minimum atomic E-state index is -0.516. The molecule has 0 aliphatic carbocycles. The standard InChI is InChI=1S/C23H31N3O3/c1-16-13-17(14-24-22(28)29-23(2,3)4)15-26(16)21(27)20-12-11-19(25(20)5)18-9-7-6-8-10-18/h6-12,16-17H,13-15H2,1-5H3,(H,24,28). The molecule has 0 bridgehead atoms. The van der Waals surface area contributed by atoms with Crippen molar-refractivity contribution in [2.24, 2.45) is 13.0 Å². The molecule has 2 aromatic rings. The topological polar surface area (TPSA) is 63.6 Å². The molecule has 1 saturated heterocycles. The molecule has 2 unspecified atom stereocenters. The molecule has 156 valence electrons. The maximum atomic E-state index is 13.2. The molecule has 3 rings (SSSR count). The highest BCUT2D eigenvalue weighted by Gasteiger charge is 2.34. The summed E-state index contributed by atoms with van der Waals surface area (Å²) in [6.45, 7) is 8.72. The van der Waals surface area contributed by atoms with E-state index in [4.69, 9.17) is 4.74 Å². The average Bonchev–Trinajstić information content (AvgIpc) is 3.21. The van der Waals surface area contributed by atoms with Gasteiger partial charge in [-0.05, 0) is 57.7 Å². The highest BCUT2D eigenvalue weighted by Crippen LogP contribution is 2.27. The van der Waals surface area contributed by atoms with Gasteiger partial charge in [0.15, 0.2) is 0 Å². The van der Waals surface area contributed by atoms with Gasteiger partial charge in [0.2, 0.25) is 0 Å². The van der Waals surface area contributed by atoms with Gasteiger partial charge in [-0.25, -0.2) is 4.79 Å². The van der Waals surface area contributed by atoms with Crippen LogP contribution < -0.4 is 5.32 Å². The van der Waals surface area contributed by atoms with Crippen LogP contribution in [0.25, 0.3) is 11.3 Å². The zero-order chi connectivity index (χ0) is 21.2. The Hall–Kier alpha value is -2.76. The van der Waals surface area contributed by atoms with Gasteiger partial charge in [-0.3, -0.25) is 4.79 Å². The SMILES string of the molecule is CC1CC(CNC(=O)OC(C)(C)C)CN1C(=O)c1ccc(-c2ccccc2)n1C. The summed E-state index contributed by atoms with van der Waals surface area (Å²) in [5, 5.41) is 2.83. The molecular formula is C23H31N3O3. The van der Waals surface area contributed by atoms with E-state index in [9.17, 15) is 9.59 Å². The molecule has 6 heteroatoms. The first-order valence-electron chi connectivity index (χ1n) is 10.1. The number of nitrogens with zero attached hydrogens (tertiary/aromatic N) is 2. The van der Waals surface area contributed by atoms with Crippen LogP contribution in [0.2, 0.25) is 0 Å². The van der Waals surface area contributed by atoms with Crippen LogP contribution in [-0.2, 0) is 11.8 Å². The first-order valence-corrected chi connectivity index (χ1v) is 10.1. The number of hydrogen-bond donors (Lipinski definition) is 1. The Morgan fingerprint density at radius 2 is 1.83 bits per heavy atom. The van der Waals surface area contributed by atoms with Gasteiger partial charge in [0.1, 0.15) is 11.3 Å². The summed E-state index contributed by atoms with van der Waals surface area (Å²) in [4.78, 5) is 27.0. The number of ether oxygens (including phenoxy) is 1. The van der Waals surface area contributed by atoms with Gasteiger partial charge < -0.3 is 19.5 Å². The number of aromatic nitrogens is 1. The predicted molar refractivity (Wildman–Crippen MR) is 114 cm³/mol. The van der Waals surface area contributed by atoms with E-state index in [-0.39, 0.29) is 17.9 Å². The average molecular weight is 398 g/mol. The summed E-state index contributed by atoms with van der Waals surface area (Å²) in [5.41, 5.74) is 2.27. The van der Waals surface area contributed by atoms with Crippen molar-refractivity contribution >= 4 is 12.0 Å². The Labute approximate surface area is 172 Å². The Morgan fingerprint density at radius 1 is 1.14 bits per heavy atom. The molecule has 2 amide bonds. The summed E-state index contributed by atoms with van der Waals surface area (Å²) < 4.78 is 7.25. The third-order valence-electron chi connectivity index (χ3n) is 5.27. The van der Waals surface area contributed by atoms with Gasteiger partial charge in [-0.2, -0.15) is 0 Å². The van der Waals surface area contributed by atoms with E-state index in [1.807, 2.05) is 79.8 Å². The van der Waals surface area contributed by atoms with Crippen LogP contribution >= 0.6 is 0 Å². The lowest BCUT2D eigenvalue weighted by molar-refractivity contribution is 0.0520. The Balaban J connectivity index is 1.63. The fourth-order valence-corrected chi connectivity index (χ4v) is 3.89. The van der Waals surface area contributed by atoms with Crippen molar-refractivity contribution in [3.05, 3.63) is 48.2 Å². The van der Waals surface area contributed by atoms with Crippen molar-refractivity contribution in [2.45, 2.75) is 45.8 Å². The van der Waals surface area contributed by atoms with E-state index in [1.165, 1.54) is 0 Å². The third-order valence-corrected chi connectivity index (χ3v) is 5.27. The second-order valence-electron chi connectivity index (χ2n) is 8.82. The van der Waals surface area contributed by atoms with Crippen molar-refractivity contribution in [1.82, 2.24) is 14.8 Å². The Morgan fingerprint density at radius 3 is 2.48 bits per heavy atom. The predicted octanol–water partition coefficient (Wildman–Crippen LogP) is 4.07. The third kappa shape index (κ3) is 5.00. The molecule has 1 N–H and O–H groups in total. The molecule has 1 aromatic heterocycles. The maximum Gasteiger partial charge on any atom is 0.407 e. The molecule has 0 spiro atoms. The number of carbonyl (C=O) groups excluding carboxylic acids is 2. The van der Waals surface area contributed by atoms with Crippen molar-refractivity contribution in [2.75, 3.05) is 13.1 Å². The summed E-state index contributed by atoms with van der Waals surface area (Å²) in [6, 6.07) is 14.1. The van der Waals surface area contributed by atoms with E-state index >= 15 is 0 Å². The lowest BCUT2D eigenvalue weighted by Gasteiger charge is -2.22. The number of carbonyl (C=O) groups is 2. The molecule has 0 radical (unpaired) electrons. The van der Waals surface area contributed by atoms with E-state index < -0.39 is 11.7 Å². The number of hydrogen-bond acceptors (Lipinski definition) is 3. The highest BCUT2D eigenvalue weighted by molar-refractivity contribution is 5.94. The Kier molecular flexibility index (Phi) is 6.01. The van der Waals surface area contributed by atoms with Crippen LogP contribution in [0.3, 0.4) is 0 Å². The minimum absolute atomic E-state index is 0.0296. The largest absolute Gasteiger partial charge is 0.444 e. The molecule has 2 heterocycles. The van der Waals surface area contributed by atoms with E-state index in [1.54, 1.807) is 0 Å². The molecule has 1 aliphatic heterocycles. The van der Waals surface area contributed by atoms with Crippen molar-refractivity contribution in [3.63, 3.8) is 0 Å². The molecular weight excluding hydrogens is 366 g/mol. The lowest BCUT2D eigenvalue weighted by atomic mass is 10.1. The molecule has 29 heavy (non-hydrogen) atoms. The number of rotatable bonds is 4. The molecule has 1 aliphatic rings.